The number of rotatable bonds is 36. The summed E-state index contributed by atoms with van der Waals surface area (Å²) in [7, 11) is 5.54. The Morgan fingerprint density at radius 3 is 1.76 bits per heavy atom. The van der Waals surface area contributed by atoms with E-state index in [1.54, 1.807) is 0 Å². The number of amides is 1. The highest BCUT2D eigenvalue weighted by Gasteiger charge is 2.47. The molecule has 0 spiro atoms. The minimum Gasteiger partial charge on any atom is -0.394 e. The highest BCUT2D eigenvalue weighted by Crippen LogP contribution is 2.56. The Bertz CT molecular complexity index is 1890. The van der Waals surface area contributed by atoms with E-state index in [0.29, 0.717) is 0 Å². The van der Waals surface area contributed by atoms with E-state index in [2.05, 4.69) is 20.9 Å². The van der Waals surface area contributed by atoms with Crippen LogP contribution in [0.1, 0.15) is 44.9 Å². The summed E-state index contributed by atoms with van der Waals surface area (Å²) in [4.78, 5) is 31.2. The van der Waals surface area contributed by atoms with Crippen LogP contribution in [0.2, 0.25) is 0 Å². The first-order chi connectivity index (χ1) is 32.5. The van der Waals surface area contributed by atoms with Crippen molar-refractivity contribution in [2.24, 2.45) is 5.92 Å². The van der Waals surface area contributed by atoms with Gasteiger partial charge in [-0.25, -0.2) is 26.8 Å². The van der Waals surface area contributed by atoms with Crippen LogP contribution in [0.4, 0.5) is 0 Å². The van der Waals surface area contributed by atoms with Gasteiger partial charge in [0, 0.05) is 50.4 Å². The maximum atomic E-state index is 14.3. The second-order valence-corrected chi connectivity index (χ2v) is 19.9. The van der Waals surface area contributed by atoms with Gasteiger partial charge in [-0.15, -0.1) is 6.42 Å². The Kier molecular flexibility index (Phi) is 27.9. The smallest absolute Gasteiger partial charge is 0.394 e. The van der Waals surface area contributed by atoms with Crippen LogP contribution in [-0.2, 0) is 87.7 Å². The zero-order valence-corrected chi connectivity index (χ0v) is 40.3. The van der Waals surface area contributed by atoms with Crippen molar-refractivity contribution in [1.29, 1.82) is 5.26 Å². The van der Waals surface area contributed by atoms with Crippen LogP contribution in [0, 0.1) is 42.7 Å². The van der Waals surface area contributed by atoms with E-state index in [1.165, 1.54) is 7.11 Å². The lowest BCUT2D eigenvalue weighted by atomic mass is 9.96. The Morgan fingerprint density at radius 1 is 0.779 bits per heavy atom. The van der Waals surface area contributed by atoms with Gasteiger partial charge < -0.3 is 43.8 Å². The molecule has 68 heavy (non-hydrogen) atoms. The lowest BCUT2D eigenvalue weighted by Gasteiger charge is -2.28. The van der Waals surface area contributed by atoms with Crippen LogP contribution in [-0.4, -0.2) is 188 Å². The van der Waals surface area contributed by atoms with Crippen molar-refractivity contribution in [2.75, 3.05) is 92.8 Å². The maximum absolute atomic E-state index is 14.3. The molecule has 24 nitrogen and oxygen atoms in total. The van der Waals surface area contributed by atoms with Gasteiger partial charge in [0.05, 0.1) is 83.5 Å². The number of carbonyl (C=O) groups excluding carboxylic acids is 2. The number of phosphoric ester groups is 3. The number of methoxy groups -OCH3 is 1. The topological polar surface area (TPSA) is 279 Å². The number of ketones is 1. The Morgan fingerprint density at radius 2 is 1.28 bits per heavy atom. The second kappa shape index (κ2) is 31.7. The van der Waals surface area contributed by atoms with Crippen molar-refractivity contribution in [2.45, 2.75) is 99.6 Å². The number of terminal acetylenes is 1. The molecule has 0 aromatic carbocycles. The Balaban J connectivity index is 1.70. The van der Waals surface area contributed by atoms with Gasteiger partial charge in [0.15, 0.2) is 0 Å². The number of ether oxygens (including phenoxy) is 5. The third kappa shape index (κ3) is 22.3. The first-order valence-corrected chi connectivity index (χ1v) is 25.8. The van der Waals surface area contributed by atoms with Crippen LogP contribution in [0.5, 0.6) is 0 Å². The molecule has 0 bridgehead atoms. The fourth-order valence-corrected chi connectivity index (χ4v) is 10.7. The fraction of sp³-hybridized carbons (Fsp3) is 0.816. The molecule has 0 aromatic heterocycles. The number of aliphatic hydroxyl groups is 1. The zero-order chi connectivity index (χ0) is 50.0. The van der Waals surface area contributed by atoms with E-state index in [9.17, 15) is 28.4 Å². The van der Waals surface area contributed by atoms with E-state index in [0.717, 1.165) is 0 Å². The summed E-state index contributed by atoms with van der Waals surface area (Å²) in [5.41, 5.74) is 0. The molecule has 0 saturated carbocycles. The molecule has 3 aliphatic rings. The largest absolute Gasteiger partial charge is 0.475 e. The van der Waals surface area contributed by atoms with Crippen LogP contribution >= 0.6 is 23.5 Å². The summed E-state index contributed by atoms with van der Waals surface area (Å²) in [5, 5.41) is 21.5. The summed E-state index contributed by atoms with van der Waals surface area (Å²) in [6.45, 7) is 10.7. The third-order valence-corrected chi connectivity index (χ3v) is 14.1. The van der Waals surface area contributed by atoms with Gasteiger partial charge >= 0.3 is 23.5 Å². The van der Waals surface area contributed by atoms with Crippen molar-refractivity contribution in [3.63, 3.8) is 0 Å². The first-order valence-electron chi connectivity index (χ1n) is 21.4. The number of aliphatic hydroxyl groups excluding tert-OH is 1. The number of nitrogens with zero attached hydrogens (tertiary/aromatic N) is 3. The molecule has 3 heterocycles. The third-order valence-electron chi connectivity index (χ3n) is 9.59. The molecule has 1 amide bonds. The molecule has 2 N–H and O–H groups in total. The lowest BCUT2D eigenvalue weighted by molar-refractivity contribution is -0.122. The van der Waals surface area contributed by atoms with Crippen molar-refractivity contribution < 1.29 is 92.8 Å². The quantitative estimate of drug-likeness (QED) is 0.0298. The molecule has 3 fully saturated rings. The Hall–Kier alpha value is -2.55. The summed E-state index contributed by atoms with van der Waals surface area (Å²) in [6, 6.07) is -1.04. The highest BCUT2D eigenvalue weighted by molar-refractivity contribution is 7.49. The minimum atomic E-state index is -4.71. The molecule has 3 aliphatic heterocycles. The molecular formula is C38H56B3N4O20P3. The SMILES string of the molecule is [B][C@H]1CC(OP(=O)(OCC[N+]#[C-])OC[C@H]2O[C@@H]([B])CC2OP(=O)(OCC[N+]#[C-])OC[C@H]2O[C@@H]([B])CC2OP(=O)(OCCC#N)OCC(COC)CC(=O)CCNC(=O)CCOCC#C)[C@@H](CO)O1. The number of carbonyl (C=O) groups is 2. The average Bonchev–Trinajstić information content (AvgIpc) is 3.95. The average molecular weight is 1010 g/mol. The maximum Gasteiger partial charge on any atom is 0.475 e. The summed E-state index contributed by atoms with van der Waals surface area (Å²) < 4.78 is 120. The first kappa shape index (κ1) is 59.8. The van der Waals surface area contributed by atoms with Gasteiger partial charge in [0.1, 0.15) is 67.5 Å². The van der Waals surface area contributed by atoms with Gasteiger partial charge in [-0.2, -0.15) is 5.26 Å². The molecule has 3 saturated heterocycles. The van der Waals surface area contributed by atoms with Gasteiger partial charge in [-0.3, -0.25) is 50.3 Å². The van der Waals surface area contributed by atoms with Crippen molar-refractivity contribution in [3.05, 3.63) is 22.8 Å². The van der Waals surface area contributed by atoms with Crippen LogP contribution < -0.4 is 5.32 Å². The standard InChI is InChI=1S/C38H56B3N4O20P3/c1-5-13-53-15-8-38(48)45-10-7-28(47)18-27(23-52-4)24-57-66(49,54-14-6-9-42)64-30-20-36(40)61-33(30)26-59-68(51,56-17-12-44-3)65-31-21-37(41)62-34(31)25-58-67(50,55-16-11-43-2)63-29-19-35(39)60-32(29)22-46/h1,27,29-37,46H,6-8,10-26H2,4H3,(H,45,48)/t27?,29?,30?,31?,32-,33-,34-,35-,36-,37-,66?,67?,68?/m1/s1. The van der Waals surface area contributed by atoms with Crippen molar-refractivity contribution >= 4 is 58.7 Å². The highest BCUT2D eigenvalue weighted by atomic mass is 31.2. The number of hydrogen-bond donors (Lipinski definition) is 2. The molecule has 7 unspecified atom stereocenters. The monoisotopic (exact) mass is 1010 g/mol. The van der Waals surface area contributed by atoms with E-state index in [-0.39, 0.29) is 116 Å². The normalized spacial score (nSPS) is 27.6. The summed E-state index contributed by atoms with van der Waals surface area (Å²) in [6.07, 6.45) is -2.24. The molecule has 6 radical (unpaired) electrons. The predicted octanol–water partition coefficient (Wildman–Crippen LogP) is 1.93. The van der Waals surface area contributed by atoms with Crippen molar-refractivity contribution in [1.82, 2.24) is 5.32 Å². The molecule has 372 valence electrons. The molecule has 13 atom stereocenters. The molecular weight excluding hydrogens is 958 g/mol. The molecule has 0 aromatic rings. The second-order valence-electron chi connectivity index (χ2n) is 15.0. The van der Waals surface area contributed by atoms with E-state index in [4.69, 9.17) is 113 Å². The van der Waals surface area contributed by atoms with Crippen molar-refractivity contribution in [3.8, 4) is 18.4 Å². The molecule has 3 rings (SSSR count). The number of nitriles is 1. The van der Waals surface area contributed by atoms with Gasteiger partial charge in [0.25, 0.3) is 0 Å². The van der Waals surface area contributed by atoms with E-state index in [1.807, 2.05) is 6.07 Å². The fourth-order valence-electron chi connectivity index (χ4n) is 6.50. The minimum absolute atomic E-state index is 0.0103. The zero-order valence-electron chi connectivity index (χ0n) is 37.6. The number of hydrogen-bond acceptors (Lipinski definition) is 21. The van der Waals surface area contributed by atoms with Crippen LogP contribution in [0.3, 0.4) is 0 Å². The van der Waals surface area contributed by atoms with Crippen LogP contribution in [0.15, 0.2) is 0 Å². The number of nitrogens with one attached hydrogen (secondary N) is 1. The molecule has 0 aliphatic carbocycles. The molecule has 30 heteroatoms. The predicted molar refractivity (Wildman–Crippen MR) is 237 cm³/mol. The van der Waals surface area contributed by atoms with E-state index >= 15 is 0 Å². The van der Waals surface area contributed by atoms with Gasteiger partial charge in [-0.05, 0) is 19.3 Å². The van der Waals surface area contributed by atoms with Crippen LogP contribution in [0.25, 0.3) is 9.69 Å². The van der Waals surface area contributed by atoms with Gasteiger partial charge in [-0.1, -0.05) is 5.92 Å². The summed E-state index contributed by atoms with van der Waals surface area (Å²) in [5.74, 6) is 1.03. The Labute approximate surface area is 400 Å². The number of Topliss-reactive ketones (excluding diaryl/α,β-unsaturated/α-hetero) is 1. The van der Waals surface area contributed by atoms with E-state index < -0.39 is 110 Å². The lowest BCUT2D eigenvalue weighted by Crippen LogP contribution is -2.32. The van der Waals surface area contributed by atoms with Gasteiger partial charge in [0.2, 0.25) is 19.0 Å². The summed E-state index contributed by atoms with van der Waals surface area (Å²) >= 11 is 0. The number of phosphoric acid groups is 3.